The second kappa shape index (κ2) is 6.00. The Kier molecular flexibility index (Phi) is 4.77. The number of nitrogens with one attached hydrogen (secondary N) is 1. The molecule has 0 spiro atoms. The molecule has 5 heteroatoms. The summed E-state index contributed by atoms with van der Waals surface area (Å²) in [6.45, 7) is 6.11. The van der Waals surface area contributed by atoms with Gasteiger partial charge in [-0.1, -0.05) is 6.92 Å². The van der Waals surface area contributed by atoms with Gasteiger partial charge in [-0.25, -0.2) is 0 Å². The first-order valence-corrected chi connectivity index (χ1v) is 7.42. The first kappa shape index (κ1) is 15.1. The van der Waals surface area contributed by atoms with Crippen LogP contribution in [0.5, 0.6) is 0 Å². The van der Waals surface area contributed by atoms with Crippen molar-refractivity contribution < 1.29 is 13.2 Å². The fraction of sp³-hybridized carbons (Fsp3) is 1.00. The van der Waals surface area contributed by atoms with E-state index < -0.39 is 12.1 Å². The zero-order valence-electron chi connectivity index (χ0n) is 11.8. The van der Waals surface area contributed by atoms with Gasteiger partial charge in [-0.15, -0.1) is 0 Å². The van der Waals surface area contributed by atoms with Gasteiger partial charge in [0.15, 0.2) is 0 Å². The molecule has 1 saturated heterocycles. The van der Waals surface area contributed by atoms with Crippen molar-refractivity contribution in [2.45, 2.75) is 57.8 Å². The summed E-state index contributed by atoms with van der Waals surface area (Å²) in [5, 5.41) is 3.47. The SMILES string of the molecule is CC(CNC1CC1)C(C)N1CCCC(C(F)(F)F)C1. The third-order valence-electron chi connectivity index (χ3n) is 4.62. The molecule has 3 atom stereocenters. The van der Waals surface area contributed by atoms with Crippen LogP contribution in [0, 0.1) is 11.8 Å². The van der Waals surface area contributed by atoms with Crippen LogP contribution in [0.2, 0.25) is 0 Å². The molecule has 0 bridgehead atoms. The maximum atomic E-state index is 12.8. The predicted molar refractivity (Wildman–Crippen MR) is 70.0 cm³/mol. The van der Waals surface area contributed by atoms with E-state index in [0.717, 1.165) is 13.1 Å². The highest BCUT2D eigenvalue weighted by atomic mass is 19.4. The molecule has 3 unspecified atom stereocenters. The first-order chi connectivity index (χ1) is 8.88. The molecule has 0 amide bonds. The van der Waals surface area contributed by atoms with Crippen molar-refractivity contribution in [2.75, 3.05) is 19.6 Å². The molecule has 1 aliphatic carbocycles. The second-order valence-corrected chi connectivity index (χ2v) is 6.28. The lowest BCUT2D eigenvalue weighted by Crippen LogP contribution is -2.49. The Hall–Kier alpha value is -0.290. The molecule has 0 radical (unpaired) electrons. The Balaban J connectivity index is 1.81. The van der Waals surface area contributed by atoms with Gasteiger partial charge >= 0.3 is 6.18 Å². The third kappa shape index (κ3) is 4.35. The molecule has 1 saturated carbocycles. The molecule has 1 N–H and O–H groups in total. The van der Waals surface area contributed by atoms with Crippen molar-refractivity contribution in [2.24, 2.45) is 11.8 Å². The van der Waals surface area contributed by atoms with Gasteiger partial charge in [0.1, 0.15) is 0 Å². The summed E-state index contributed by atoms with van der Waals surface area (Å²) >= 11 is 0. The van der Waals surface area contributed by atoms with Crippen molar-refractivity contribution in [3.63, 3.8) is 0 Å². The van der Waals surface area contributed by atoms with Crippen molar-refractivity contribution in [1.82, 2.24) is 10.2 Å². The highest BCUT2D eigenvalue weighted by Crippen LogP contribution is 2.34. The van der Waals surface area contributed by atoms with Gasteiger partial charge in [0.2, 0.25) is 0 Å². The van der Waals surface area contributed by atoms with Crippen LogP contribution in [0.15, 0.2) is 0 Å². The molecule has 2 nitrogen and oxygen atoms in total. The summed E-state index contributed by atoms with van der Waals surface area (Å²) in [6.07, 6.45) is -0.575. The second-order valence-electron chi connectivity index (χ2n) is 6.28. The van der Waals surface area contributed by atoms with Crippen LogP contribution in [0.1, 0.15) is 39.5 Å². The fourth-order valence-corrected chi connectivity index (χ4v) is 2.81. The van der Waals surface area contributed by atoms with E-state index in [1.807, 2.05) is 4.90 Å². The number of alkyl halides is 3. The minimum atomic E-state index is -4.03. The molecule has 2 fully saturated rings. The molecule has 0 aromatic heterocycles. The van der Waals surface area contributed by atoms with Crippen LogP contribution in [-0.4, -0.2) is 42.8 Å². The highest BCUT2D eigenvalue weighted by molar-refractivity contribution is 4.86. The van der Waals surface area contributed by atoms with E-state index in [1.165, 1.54) is 12.8 Å². The van der Waals surface area contributed by atoms with E-state index in [0.29, 0.717) is 24.8 Å². The standard InChI is InChI=1S/C14H25F3N2/c1-10(8-18-13-5-6-13)11(2)19-7-3-4-12(9-19)14(15,16)17/h10-13,18H,3-9H2,1-2H3. The van der Waals surface area contributed by atoms with E-state index in [4.69, 9.17) is 0 Å². The molecule has 112 valence electrons. The van der Waals surface area contributed by atoms with E-state index in [-0.39, 0.29) is 12.6 Å². The van der Waals surface area contributed by atoms with E-state index in [9.17, 15) is 13.2 Å². The summed E-state index contributed by atoms with van der Waals surface area (Å²) < 4.78 is 38.4. The lowest BCUT2D eigenvalue weighted by Gasteiger charge is -2.39. The first-order valence-electron chi connectivity index (χ1n) is 7.42. The van der Waals surface area contributed by atoms with Crippen LogP contribution in [0.4, 0.5) is 13.2 Å². The summed E-state index contributed by atoms with van der Waals surface area (Å²) in [6, 6.07) is 0.885. The number of rotatable bonds is 5. The van der Waals surface area contributed by atoms with Crippen LogP contribution in [-0.2, 0) is 0 Å². The quantitative estimate of drug-likeness (QED) is 0.831. The van der Waals surface area contributed by atoms with Gasteiger partial charge in [-0.05, 0) is 51.6 Å². The molecule has 1 heterocycles. The monoisotopic (exact) mass is 278 g/mol. The number of hydrogen-bond donors (Lipinski definition) is 1. The Morgan fingerprint density at radius 3 is 2.47 bits per heavy atom. The van der Waals surface area contributed by atoms with Gasteiger partial charge < -0.3 is 5.32 Å². The van der Waals surface area contributed by atoms with Gasteiger partial charge in [-0.3, -0.25) is 4.90 Å². The van der Waals surface area contributed by atoms with Gasteiger partial charge in [0, 0.05) is 18.6 Å². The van der Waals surface area contributed by atoms with Crippen molar-refractivity contribution >= 4 is 0 Å². The zero-order valence-corrected chi connectivity index (χ0v) is 11.8. The fourth-order valence-electron chi connectivity index (χ4n) is 2.81. The molecule has 0 aromatic carbocycles. The number of nitrogens with zero attached hydrogens (tertiary/aromatic N) is 1. The molecule has 0 aromatic rings. The number of halogens is 3. The summed E-state index contributed by atoms with van der Waals surface area (Å²) in [7, 11) is 0. The number of hydrogen-bond acceptors (Lipinski definition) is 2. The lowest BCUT2D eigenvalue weighted by atomic mass is 9.93. The Morgan fingerprint density at radius 1 is 1.21 bits per heavy atom. The van der Waals surface area contributed by atoms with Crippen LogP contribution in [0.3, 0.4) is 0 Å². The minimum Gasteiger partial charge on any atom is -0.314 e. The summed E-state index contributed by atoms with van der Waals surface area (Å²) in [5.74, 6) is -0.736. The molecular weight excluding hydrogens is 253 g/mol. The summed E-state index contributed by atoms with van der Waals surface area (Å²) in [5.41, 5.74) is 0. The lowest BCUT2D eigenvalue weighted by molar-refractivity contribution is -0.189. The molecule has 2 aliphatic rings. The van der Waals surface area contributed by atoms with Gasteiger partial charge in [0.05, 0.1) is 5.92 Å². The van der Waals surface area contributed by atoms with E-state index >= 15 is 0 Å². The van der Waals surface area contributed by atoms with Crippen LogP contribution in [0.25, 0.3) is 0 Å². The van der Waals surface area contributed by atoms with E-state index in [1.54, 1.807) is 0 Å². The van der Waals surface area contributed by atoms with Crippen molar-refractivity contribution in [3.8, 4) is 0 Å². The summed E-state index contributed by atoms with van der Waals surface area (Å²) in [4.78, 5) is 2.03. The minimum absolute atomic E-state index is 0.179. The smallest absolute Gasteiger partial charge is 0.314 e. The van der Waals surface area contributed by atoms with Crippen LogP contribution >= 0.6 is 0 Å². The maximum absolute atomic E-state index is 12.8. The number of piperidine rings is 1. The Morgan fingerprint density at radius 2 is 1.89 bits per heavy atom. The maximum Gasteiger partial charge on any atom is 0.393 e. The van der Waals surface area contributed by atoms with Crippen LogP contribution < -0.4 is 5.32 Å². The molecule has 1 aliphatic heterocycles. The topological polar surface area (TPSA) is 15.3 Å². The molecule has 2 rings (SSSR count). The predicted octanol–water partition coefficient (Wildman–Crippen LogP) is 3.04. The molecular formula is C14H25F3N2. The van der Waals surface area contributed by atoms with Gasteiger partial charge in [0.25, 0.3) is 0 Å². The Labute approximate surface area is 113 Å². The largest absolute Gasteiger partial charge is 0.393 e. The average molecular weight is 278 g/mol. The number of likely N-dealkylation sites (tertiary alicyclic amines) is 1. The average Bonchev–Trinajstić information content (AvgIpc) is 3.18. The molecule has 19 heavy (non-hydrogen) atoms. The Bertz CT molecular complexity index is 289. The van der Waals surface area contributed by atoms with Gasteiger partial charge in [-0.2, -0.15) is 13.2 Å². The zero-order chi connectivity index (χ0) is 14.0. The highest BCUT2D eigenvalue weighted by Gasteiger charge is 2.42. The van der Waals surface area contributed by atoms with Crippen molar-refractivity contribution in [1.29, 1.82) is 0 Å². The van der Waals surface area contributed by atoms with Crippen molar-refractivity contribution in [3.05, 3.63) is 0 Å². The normalized spacial score (nSPS) is 29.2. The third-order valence-corrected chi connectivity index (χ3v) is 4.62. The van der Waals surface area contributed by atoms with E-state index in [2.05, 4.69) is 19.2 Å².